The van der Waals surface area contributed by atoms with E-state index in [4.69, 9.17) is 0 Å². The maximum absolute atomic E-state index is 2.41. The van der Waals surface area contributed by atoms with Gasteiger partial charge in [-0.05, 0) is 128 Å². The highest BCUT2D eigenvalue weighted by atomic mass is 15.1. The van der Waals surface area contributed by atoms with Crippen molar-refractivity contribution in [3.63, 3.8) is 0 Å². The van der Waals surface area contributed by atoms with E-state index in [0.29, 0.717) is 0 Å². The predicted octanol–water partition coefficient (Wildman–Crippen LogP) is 14.9. The molecule has 0 unspecified atom stereocenters. The molecule has 2 heteroatoms. The van der Waals surface area contributed by atoms with E-state index in [9.17, 15) is 0 Å². The summed E-state index contributed by atoms with van der Waals surface area (Å²) >= 11 is 0. The first-order valence-corrected chi connectivity index (χ1v) is 19.7. The van der Waals surface area contributed by atoms with Gasteiger partial charge in [-0.1, -0.05) is 149 Å². The smallest absolute Gasteiger partial charge is 0.0467 e. The number of anilines is 6. The Morgan fingerprint density at radius 3 is 1.04 bits per heavy atom. The van der Waals surface area contributed by atoms with Crippen LogP contribution in [0.15, 0.2) is 194 Å². The summed E-state index contributed by atoms with van der Waals surface area (Å²) in [7, 11) is 0. The van der Waals surface area contributed by atoms with E-state index in [0.717, 1.165) is 45.3 Å². The van der Waals surface area contributed by atoms with Gasteiger partial charge in [-0.25, -0.2) is 0 Å². The highest BCUT2D eigenvalue weighted by Gasteiger charge is 2.37. The van der Waals surface area contributed by atoms with Gasteiger partial charge in [-0.3, -0.25) is 0 Å². The molecule has 0 bridgehead atoms. The molecule has 0 spiro atoms. The topological polar surface area (TPSA) is 6.48 Å². The van der Waals surface area contributed by atoms with Crippen LogP contribution < -0.4 is 9.80 Å². The average molecular weight is 721 g/mol. The fourth-order valence-corrected chi connectivity index (χ4v) is 9.36. The summed E-state index contributed by atoms with van der Waals surface area (Å²) in [6.07, 6.45) is 0. The molecule has 0 aromatic heterocycles. The van der Waals surface area contributed by atoms with Crippen molar-refractivity contribution in [1.82, 2.24) is 0 Å². The van der Waals surface area contributed by atoms with Gasteiger partial charge in [0.15, 0.2) is 0 Å². The van der Waals surface area contributed by atoms with Crippen LogP contribution in [0.2, 0.25) is 0 Å². The molecule has 8 aromatic carbocycles. The van der Waals surface area contributed by atoms with Gasteiger partial charge in [-0.15, -0.1) is 0 Å². The van der Waals surface area contributed by atoms with E-state index in [1.165, 1.54) is 44.5 Å². The number of rotatable bonds is 7. The second kappa shape index (κ2) is 13.0. The van der Waals surface area contributed by atoms with E-state index >= 15 is 0 Å². The molecule has 0 N–H and O–H groups in total. The number of para-hydroxylation sites is 2. The molecule has 0 heterocycles. The number of benzene rings is 8. The van der Waals surface area contributed by atoms with Crippen LogP contribution in [0.25, 0.3) is 33.4 Å². The molecule has 0 atom stereocenters. The van der Waals surface area contributed by atoms with Crippen LogP contribution in [-0.2, 0) is 10.8 Å². The molecular weight excluding hydrogens is 677 g/mol. The fourth-order valence-electron chi connectivity index (χ4n) is 9.36. The molecule has 2 nitrogen and oxygen atoms in total. The van der Waals surface area contributed by atoms with Crippen molar-refractivity contribution in [2.24, 2.45) is 0 Å². The third kappa shape index (κ3) is 5.39. The molecule has 56 heavy (non-hydrogen) atoms. The standard InChI is InChI=1S/C54H44N2/c1-53(2)49-27-13-11-25-45(49)47-31-29-43(35-51(47)53)55(39-19-7-5-8-20-39)41-23-15-17-37(33-41)38-18-16-24-42(34-38)56(40-21-9-6-10-22-40)44-30-32-48-46-26-12-14-28-50(46)54(3,4)52(48)36-44/h5-36H,1-4H3. The molecule has 8 aromatic rings. The van der Waals surface area contributed by atoms with Gasteiger partial charge in [0.2, 0.25) is 0 Å². The van der Waals surface area contributed by atoms with Gasteiger partial charge in [0.1, 0.15) is 0 Å². The van der Waals surface area contributed by atoms with E-state index < -0.39 is 0 Å². The summed E-state index contributed by atoms with van der Waals surface area (Å²) in [5.74, 6) is 0. The molecule has 2 aliphatic rings. The first-order chi connectivity index (χ1) is 27.3. The first kappa shape index (κ1) is 33.9. The van der Waals surface area contributed by atoms with E-state index in [1.54, 1.807) is 0 Å². The molecule has 270 valence electrons. The minimum atomic E-state index is -0.0875. The second-order valence-corrected chi connectivity index (χ2v) is 16.2. The average Bonchev–Trinajstić information content (AvgIpc) is 3.61. The summed E-state index contributed by atoms with van der Waals surface area (Å²) in [6, 6.07) is 71.2. The minimum Gasteiger partial charge on any atom is -0.310 e. The number of hydrogen-bond acceptors (Lipinski definition) is 2. The molecule has 2 aliphatic carbocycles. The maximum atomic E-state index is 2.41. The monoisotopic (exact) mass is 720 g/mol. The molecule has 0 fully saturated rings. The second-order valence-electron chi connectivity index (χ2n) is 16.2. The van der Waals surface area contributed by atoms with Crippen LogP contribution in [0.4, 0.5) is 34.1 Å². The van der Waals surface area contributed by atoms with E-state index in [2.05, 4.69) is 232 Å². The lowest BCUT2D eigenvalue weighted by atomic mass is 9.82. The molecule has 0 saturated carbocycles. The zero-order valence-electron chi connectivity index (χ0n) is 32.4. The summed E-state index contributed by atoms with van der Waals surface area (Å²) in [6.45, 7) is 9.40. The fraction of sp³-hybridized carbons (Fsp3) is 0.111. The molecule has 0 radical (unpaired) electrons. The zero-order valence-corrected chi connectivity index (χ0v) is 32.4. The van der Waals surface area contributed by atoms with Crippen molar-refractivity contribution in [3.8, 4) is 33.4 Å². The Morgan fingerprint density at radius 1 is 0.268 bits per heavy atom. The van der Waals surface area contributed by atoms with Crippen LogP contribution in [0.1, 0.15) is 49.9 Å². The Labute approximate surface area is 331 Å². The van der Waals surface area contributed by atoms with Crippen molar-refractivity contribution in [2.45, 2.75) is 38.5 Å². The van der Waals surface area contributed by atoms with Crippen LogP contribution >= 0.6 is 0 Å². The summed E-state index contributed by atoms with van der Waals surface area (Å²) < 4.78 is 0. The van der Waals surface area contributed by atoms with Gasteiger partial charge in [0.05, 0.1) is 0 Å². The highest BCUT2D eigenvalue weighted by molar-refractivity contribution is 5.89. The molecule has 0 amide bonds. The first-order valence-electron chi connectivity index (χ1n) is 19.7. The van der Waals surface area contributed by atoms with Gasteiger partial charge >= 0.3 is 0 Å². The lowest BCUT2D eigenvalue weighted by molar-refractivity contribution is 0.660. The predicted molar refractivity (Wildman–Crippen MR) is 236 cm³/mol. The van der Waals surface area contributed by atoms with Crippen LogP contribution in [0, 0.1) is 0 Å². The van der Waals surface area contributed by atoms with Crippen molar-refractivity contribution >= 4 is 34.1 Å². The van der Waals surface area contributed by atoms with Crippen molar-refractivity contribution < 1.29 is 0 Å². The Balaban J connectivity index is 1.06. The van der Waals surface area contributed by atoms with Gasteiger partial charge in [0, 0.05) is 45.0 Å². The molecular formula is C54H44N2. The third-order valence-corrected chi connectivity index (χ3v) is 12.2. The summed E-state index contributed by atoms with van der Waals surface area (Å²) in [5.41, 5.74) is 19.8. The molecule has 10 rings (SSSR count). The van der Waals surface area contributed by atoms with E-state index in [1.807, 2.05) is 0 Å². The SMILES string of the molecule is CC1(C)c2ccccc2-c2ccc(N(c3ccccc3)c3cccc(-c4cccc(N(c5ccccc5)c5ccc6c(c5)C(C)(C)c5ccccc5-6)c4)c3)cc21. The number of nitrogens with zero attached hydrogens (tertiary/aromatic N) is 2. The Hall–Kier alpha value is -6.64. The van der Waals surface area contributed by atoms with Crippen LogP contribution in [-0.4, -0.2) is 0 Å². The van der Waals surface area contributed by atoms with E-state index in [-0.39, 0.29) is 10.8 Å². The number of fused-ring (bicyclic) bond motifs is 6. The van der Waals surface area contributed by atoms with Gasteiger partial charge in [0.25, 0.3) is 0 Å². The quantitative estimate of drug-likeness (QED) is 0.162. The molecule has 0 aliphatic heterocycles. The minimum absolute atomic E-state index is 0.0875. The lowest BCUT2D eigenvalue weighted by Crippen LogP contribution is -2.16. The molecule has 0 saturated heterocycles. The normalized spacial score (nSPS) is 14.0. The lowest BCUT2D eigenvalue weighted by Gasteiger charge is -2.29. The summed E-state index contributed by atoms with van der Waals surface area (Å²) in [4.78, 5) is 4.79. The van der Waals surface area contributed by atoms with Crippen LogP contribution in [0.5, 0.6) is 0 Å². The van der Waals surface area contributed by atoms with Crippen molar-refractivity contribution in [3.05, 3.63) is 216 Å². The summed E-state index contributed by atoms with van der Waals surface area (Å²) in [5, 5.41) is 0. The Bertz CT molecular complexity index is 2570. The maximum Gasteiger partial charge on any atom is 0.0467 e. The van der Waals surface area contributed by atoms with Crippen molar-refractivity contribution in [1.29, 1.82) is 0 Å². The van der Waals surface area contributed by atoms with Crippen molar-refractivity contribution in [2.75, 3.05) is 9.80 Å². The van der Waals surface area contributed by atoms with Gasteiger partial charge < -0.3 is 9.80 Å². The highest BCUT2D eigenvalue weighted by Crippen LogP contribution is 2.52. The van der Waals surface area contributed by atoms with Gasteiger partial charge in [-0.2, -0.15) is 0 Å². The largest absolute Gasteiger partial charge is 0.310 e. The Morgan fingerprint density at radius 2 is 0.607 bits per heavy atom. The number of hydrogen-bond donors (Lipinski definition) is 0. The zero-order chi connectivity index (χ0) is 38.0. The third-order valence-electron chi connectivity index (χ3n) is 12.2. The Kier molecular flexibility index (Phi) is 7.87. The van der Waals surface area contributed by atoms with Crippen LogP contribution in [0.3, 0.4) is 0 Å².